The number of unbranched alkanes of at least 4 members (excludes halogenated alkanes) is 55. The molecule has 2 unspecified atom stereocenters. The molecule has 0 aromatic carbocycles. The maximum Gasteiger partial charge on any atom is 0.305 e. The third kappa shape index (κ3) is 67.3. The lowest BCUT2D eigenvalue weighted by molar-refractivity contribution is -0.143. The molecule has 0 bridgehead atoms. The van der Waals surface area contributed by atoms with Crippen molar-refractivity contribution in [2.24, 2.45) is 0 Å². The summed E-state index contributed by atoms with van der Waals surface area (Å²) in [6.07, 6.45) is 89.6. The smallest absolute Gasteiger partial charge is 0.305 e. The molecular formula is C75H145NO5. The van der Waals surface area contributed by atoms with Crippen LogP contribution in [0.15, 0.2) is 24.3 Å². The van der Waals surface area contributed by atoms with Gasteiger partial charge in [-0.25, -0.2) is 0 Å². The second-order valence-corrected chi connectivity index (χ2v) is 25.6. The summed E-state index contributed by atoms with van der Waals surface area (Å²) < 4.78 is 5.50. The van der Waals surface area contributed by atoms with E-state index in [9.17, 15) is 19.8 Å². The van der Waals surface area contributed by atoms with Crippen LogP contribution >= 0.6 is 0 Å². The van der Waals surface area contributed by atoms with Crippen LogP contribution in [0.1, 0.15) is 418 Å². The molecule has 0 heterocycles. The van der Waals surface area contributed by atoms with Crippen molar-refractivity contribution >= 4 is 11.9 Å². The normalized spacial score (nSPS) is 12.6. The highest BCUT2D eigenvalue weighted by Crippen LogP contribution is 2.19. The minimum atomic E-state index is -0.662. The second kappa shape index (κ2) is 70.8. The molecule has 3 N–H and O–H groups in total. The first kappa shape index (κ1) is 79.3. The summed E-state index contributed by atoms with van der Waals surface area (Å²) in [5.74, 6) is -0.0172. The summed E-state index contributed by atoms with van der Waals surface area (Å²) in [4.78, 5) is 24.6. The Labute approximate surface area is 507 Å². The van der Waals surface area contributed by atoms with E-state index < -0.39 is 12.1 Å². The van der Waals surface area contributed by atoms with Crippen molar-refractivity contribution in [3.8, 4) is 0 Å². The van der Waals surface area contributed by atoms with Crippen LogP contribution < -0.4 is 5.32 Å². The van der Waals surface area contributed by atoms with Gasteiger partial charge in [0.1, 0.15) is 0 Å². The van der Waals surface area contributed by atoms with Crippen LogP contribution in [0.5, 0.6) is 0 Å². The fraction of sp³-hybridized carbons (Fsp3) is 0.920. The number of nitrogens with one attached hydrogen (secondary N) is 1. The Morgan fingerprint density at radius 2 is 0.580 bits per heavy atom. The fourth-order valence-corrected chi connectivity index (χ4v) is 11.8. The van der Waals surface area contributed by atoms with Crippen LogP contribution in [0.4, 0.5) is 0 Å². The van der Waals surface area contributed by atoms with E-state index in [1.54, 1.807) is 0 Å². The molecule has 6 heteroatoms. The van der Waals surface area contributed by atoms with E-state index in [0.29, 0.717) is 25.9 Å². The number of esters is 1. The molecule has 0 aliphatic carbocycles. The summed E-state index contributed by atoms with van der Waals surface area (Å²) in [6, 6.07) is -0.539. The molecular weight excluding hydrogens is 995 g/mol. The van der Waals surface area contributed by atoms with Gasteiger partial charge in [0.25, 0.3) is 0 Å². The largest absolute Gasteiger partial charge is 0.466 e. The van der Waals surface area contributed by atoms with Gasteiger partial charge in [-0.1, -0.05) is 353 Å². The van der Waals surface area contributed by atoms with Gasteiger partial charge in [0.2, 0.25) is 5.91 Å². The minimum Gasteiger partial charge on any atom is -0.466 e. The van der Waals surface area contributed by atoms with Gasteiger partial charge < -0.3 is 20.3 Å². The first-order valence-corrected chi connectivity index (χ1v) is 37.1. The van der Waals surface area contributed by atoms with Crippen LogP contribution in [0.25, 0.3) is 0 Å². The average Bonchev–Trinajstić information content (AvgIpc) is 3.47. The SMILES string of the molecule is CCCCCCCCC/C=C\CCCCCCCC(=O)OCCCCCCCCCCCCCC/C=C\CCCCCCCCCCCCCCCCCCC(=O)NC(CO)C(O)CCCCCCCCCCCCCCCCCC. The number of rotatable bonds is 70. The van der Waals surface area contributed by atoms with Crippen LogP contribution in [0.3, 0.4) is 0 Å². The quantitative estimate of drug-likeness (QED) is 0.0320. The molecule has 0 aliphatic rings. The molecule has 0 aliphatic heterocycles. The summed E-state index contributed by atoms with van der Waals surface area (Å²) in [6.45, 7) is 4.99. The Morgan fingerprint density at radius 3 is 0.877 bits per heavy atom. The molecule has 81 heavy (non-hydrogen) atoms. The first-order valence-electron chi connectivity index (χ1n) is 37.1. The molecule has 0 radical (unpaired) electrons. The molecule has 2 atom stereocenters. The summed E-state index contributed by atoms with van der Waals surface area (Å²) in [5.41, 5.74) is 0. The molecule has 0 aromatic heterocycles. The number of aliphatic hydroxyl groups is 2. The van der Waals surface area contributed by atoms with Crippen molar-refractivity contribution in [1.82, 2.24) is 5.32 Å². The van der Waals surface area contributed by atoms with E-state index in [0.717, 1.165) is 44.9 Å². The van der Waals surface area contributed by atoms with Gasteiger partial charge in [-0.2, -0.15) is 0 Å². The average molecular weight is 1140 g/mol. The van der Waals surface area contributed by atoms with Gasteiger partial charge in [-0.05, 0) is 77.0 Å². The van der Waals surface area contributed by atoms with Crippen molar-refractivity contribution in [3.05, 3.63) is 24.3 Å². The first-order chi connectivity index (χ1) is 40.0. The van der Waals surface area contributed by atoms with E-state index >= 15 is 0 Å². The highest BCUT2D eigenvalue weighted by molar-refractivity contribution is 5.76. The van der Waals surface area contributed by atoms with E-state index in [2.05, 4.69) is 43.5 Å². The lowest BCUT2D eigenvalue weighted by Gasteiger charge is -2.22. The number of hydrogen-bond donors (Lipinski definition) is 3. The number of hydrogen-bond acceptors (Lipinski definition) is 5. The van der Waals surface area contributed by atoms with Gasteiger partial charge in [0, 0.05) is 12.8 Å². The highest BCUT2D eigenvalue weighted by Gasteiger charge is 2.20. The molecule has 0 rings (SSSR count). The minimum absolute atomic E-state index is 0.0116. The van der Waals surface area contributed by atoms with Gasteiger partial charge in [-0.3, -0.25) is 9.59 Å². The fourth-order valence-electron chi connectivity index (χ4n) is 11.8. The molecule has 0 aromatic rings. The van der Waals surface area contributed by atoms with Crippen LogP contribution in [0.2, 0.25) is 0 Å². The maximum absolute atomic E-state index is 12.5. The highest BCUT2D eigenvalue weighted by atomic mass is 16.5. The summed E-state index contributed by atoms with van der Waals surface area (Å²) in [7, 11) is 0. The molecule has 0 fully saturated rings. The van der Waals surface area contributed by atoms with Crippen molar-refractivity contribution in [1.29, 1.82) is 0 Å². The Balaban J connectivity index is 3.34. The van der Waals surface area contributed by atoms with Crippen LogP contribution in [0, 0.1) is 0 Å². The van der Waals surface area contributed by atoms with Gasteiger partial charge in [0.05, 0.1) is 25.4 Å². The number of carbonyl (C=O) groups is 2. The predicted molar refractivity (Wildman–Crippen MR) is 356 cm³/mol. The van der Waals surface area contributed by atoms with Gasteiger partial charge >= 0.3 is 5.97 Å². The van der Waals surface area contributed by atoms with E-state index in [-0.39, 0.29) is 18.5 Å². The van der Waals surface area contributed by atoms with Gasteiger partial charge in [0.15, 0.2) is 0 Å². The lowest BCUT2D eigenvalue weighted by atomic mass is 10.0. The van der Waals surface area contributed by atoms with E-state index in [1.165, 1.54) is 340 Å². The lowest BCUT2D eigenvalue weighted by Crippen LogP contribution is -2.45. The number of aliphatic hydroxyl groups excluding tert-OH is 2. The molecule has 480 valence electrons. The van der Waals surface area contributed by atoms with Crippen molar-refractivity contribution in [2.75, 3.05) is 13.2 Å². The monoisotopic (exact) mass is 1140 g/mol. The number of ether oxygens (including phenoxy) is 1. The van der Waals surface area contributed by atoms with Crippen molar-refractivity contribution < 1.29 is 24.5 Å². The third-order valence-corrected chi connectivity index (χ3v) is 17.5. The zero-order valence-corrected chi connectivity index (χ0v) is 55.0. The van der Waals surface area contributed by atoms with Crippen LogP contribution in [-0.4, -0.2) is 47.4 Å². The van der Waals surface area contributed by atoms with Crippen molar-refractivity contribution in [2.45, 2.75) is 431 Å². The number of carbonyl (C=O) groups excluding carboxylic acids is 2. The number of amides is 1. The zero-order chi connectivity index (χ0) is 58.5. The molecule has 0 saturated heterocycles. The molecule has 0 saturated carbocycles. The van der Waals surface area contributed by atoms with Crippen LogP contribution in [-0.2, 0) is 14.3 Å². The Bertz CT molecular complexity index is 1270. The predicted octanol–water partition coefficient (Wildman–Crippen LogP) is 24.1. The summed E-state index contributed by atoms with van der Waals surface area (Å²) in [5, 5.41) is 23.4. The van der Waals surface area contributed by atoms with E-state index in [4.69, 9.17) is 4.74 Å². The van der Waals surface area contributed by atoms with Crippen molar-refractivity contribution in [3.63, 3.8) is 0 Å². The Kier molecular flexibility index (Phi) is 69.4. The standard InChI is InChI=1S/C75H145NO5/c1-3-5-7-9-11-13-15-17-19-39-43-47-51-55-59-63-67-73(78)72(71-77)76-74(79)68-64-60-56-52-48-44-40-37-35-33-31-29-27-25-23-21-22-24-26-28-30-32-34-36-38-42-46-50-54-58-62-66-70-81-75(80)69-65-61-57-53-49-45-41-20-18-16-14-12-10-8-6-4-2/h20,24,26,41,72-73,77-78H,3-19,21-23,25,27-40,42-71H2,1-2H3,(H,76,79)/b26-24-,41-20-. The number of allylic oxidation sites excluding steroid dienone is 4. The molecule has 0 spiro atoms. The zero-order valence-electron chi connectivity index (χ0n) is 55.0. The topological polar surface area (TPSA) is 95.9 Å². The van der Waals surface area contributed by atoms with Gasteiger partial charge in [-0.15, -0.1) is 0 Å². The Hall–Kier alpha value is -1.66. The third-order valence-electron chi connectivity index (χ3n) is 17.5. The molecule has 1 amide bonds. The van der Waals surface area contributed by atoms with E-state index in [1.807, 2.05) is 0 Å². The summed E-state index contributed by atoms with van der Waals surface area (Å²) >= 11 is 0. The molecule has 6 nitrogen and oxygen atoms in total. The second-order valence-electron chi connectivity index (χ2n) is 25.6. The Morgan fingerprint density at radius 1 is 0.333 bits per heavy atom. The maximum atomic E-state index is 12.5.